The van der Waals surface area contributed by atoms with Crippen molar-refractivity contribution in [3.63, 3.8) is 0 Å². The van der Waals surface area contributed by atoms with Gasteiger partial charge in [-0.2, -0.15) is 0 Å². The molecule has 2 aromatic heterocycles. The molecule has 1 aliphatic heterocycles. The lowest BCUT2D eigenvalue weighted by molar-refractivity contribution is 0.0630. The van der Waals surface area contributed by atoms with E-state index in [1.165, 1.54) is 11.4 Å². The maximum absolute atomic E-state index is 12.5. The highest BCUT2D eigenvalue weighted by Gasteiger charge is 2.30. The number of rotatable bonds is 2. The summed E-state index contributed by atoms with van der Waals surface area (Å²) in [5, 5.41) is 6.82. The number of fused-ring (bicyclic) bond motifs is 1. The highest BCUT2D eigenvalue weighted by molar-refractivity contribution is 5.90. The Labute approximate surface area is 117 Å². The van der Waals surface area contributed by atoms with Crippen LogP contribution in [0.15, 0.2) is 12.1 Å². The highest BCUT2D eigenvalue weighted by Crippen LogP contribution is 2.27. The van der Waals surface area contributed by atoms with Gasteiger partial charge in [-0.1, -0.05) is 6.92 Å². The molecule has 0 bridgehead atoms. The standard InChI is InChI=1S/C14H19N5O/c1-4-12-15-13(17-16-12)14(20)19-8-7-18-9(2)5-6-11(18)10(19)3/h5-6,10H,4,7-8H2,1-3H3,(H,15,16,17). The Kier molecular flexibility index (Phi) is 3.08. The van der Waals surface area contributed by atoms with E-state index in [0.717, 1.165) is 18.8 Å². The van der Waals surface area contributed by atoms with Crippen molar-refractivity contribution < 1.29 is 4.79 Å². The Bertz CT molecular complexity index is 642. The number of carbonyl (C=O) groups excluding carboxylic acids is 1. The normalized spacial score (nSPS) is 18.1. The van der Waals surface area contributed by atoms with Crippen molar-refractivity contribution in [2.45, 2.75) is 39.8 Å². The monoisotopic (exact) mass is 273 g/mol. The van der Waals surface area contributed by atoms with E-state index in [1.54, 1.807) is 0 Å². The van der Waals surface area contributed by atoms with Gasteiger partial charge in [0.2, 0.25) is 5.82 Å². The molecule has 3 rings (SSSR count). The van der Waals surface area contributed by atoms with Gasteiger partial charge in [0.1, 0.15) is 5.82 Å². The summed E-state index contributed by atoms with van der Waals surface area (Å²) in [4.78, 5) is 18.6. The zero-order valence-electron chi connectivity index (χ0n) is 12.1. The van der Waals surface area contributed by atoms with Crippen LogP contribution in [0.2, 0.25) is 0 Å². The third-order valence-corrected chi connectivity index (χ3v) is 4.01. The molecule has 1 unspecified atom stereocenters. The molecular weight excluding hydrogens is 254 g/mol. The number of nitrogens with zero attached hydrogens (tertiary/aromatic N) is 4. The van der Waals surface area contributed by atoms with Crippen LogP contribution in [-0.2, 0) is 13.0 Å². The number of H-pyrrole nitrogens is 1. The summed E-state index contributed by atoms with van der Waals surface area (Å²) in [6.45, 7) is 7.65. The summed E-state index contributed by atoms with van der Waals surface area (Å²) in [6, 6.07) is 4.24. The van der Waals surface area contributed by atoms with Crippen LogP contribution in [0.1, 0.15) is 47.7 Å². The molecule has 3 heterocycles. The van der Waals surface area contributed by atoms with Crippen molar-refractivity contribution in [3.8, 4) is 0 Å². The molecule has 0 saturated heterocycles. The first-order valence-electron chi connectivity index (χ1n) is 7.00. The summed E-state index contributed by atoms with van der Waals surface area (Å²) >= 11 is 0. The summed E-state index contributed by atoms with van der Waals surface area (Å²) in [5.41, 5.74) is 2.42. The first kappa shape index (κ1) is 12.9. The van der Waals surface area contributed by atoms with E-state index in [1.807, 2.05) is 11.8 Å². The molecule has 20 heavy (non-hydrogen) atoms. The number of nitrogens with one attached hydrogen (secondary N) is 1. The van der Waals surface area contributed by atoms with Crippen LogP contribution in [0.4, 0.5) is 0 Å². The molecule has 1 N–H and O–H groups in total. The van der Waals surface area contributed by atoms with Gasteiger partial charge in [0.05, 0.1) is 6.04 Å². The molecule has 0 aliphatic carbocycles. The number of hydrogen-bond donors (Lipinski definition) is 1. The molecule has 0 fully saturated rings. The van der Waals surface area contributed by atoms with Gasteiger partial charge in [-0.3, -0.25) is 9.89 Å². The quantitative estimate of drug-likeness (QED) is 0.905. The van der Waals surface area contributed by atoms with Gasteiger partial charge < -0.3 is 9.47 Å². The van der Waals surface area contributed by atoms with E-state index in [4.69, 9.17) is 0 Å². The minimum atomic E-state index is -0.0986. The van der Waals surface area contributed by atoms with Crippen molar-refractivity contribution in [1.82, 2.24) is 24.6 Å². The van der Waals surface area contributed by atoms with Crippen LogP contribution in [0.25, 0.3) is 0 Å². The van der Waals surface area contributed by atoms with Crippen LogP contribution in [-0.4, -0.2) is 37.1 Å². The van der Waals surface area contributed by atoms with Gasteiger partial charge >= 0.3 is 0 Å². The van der Waals surface area contributed by atoms with E-state index in [9.17, 15) is 4.79 Å². The number of carbonyl (C=O) groups is 1. The molecule has 1 atom stereocenters. The van der Waals surface area contributed by atoms with Crippen molar-refractivity contribution in [3.05, 3.63) is 35.2 Å². The average Bonchev–Trinajstić information content (AvgIpc) is 3.06. The largest absolute Gasteiger partial charge is 0.345 e. The first-order chi connectivity index (χ1) is 9.61. The minimum absolute atomic E-state index is 0.0496. The number of hydrogen-bond acceptors (Lipinski definition) is 3. The highest BCUT2D eigenvalue weighted by atomic mass is 16.2. The Hall–Kier alpha value is -2.11. The second-order valence-electron chi connectivity index (χ2n) is 5.19. The van der Waals surface area contributed by atoms with Crippen LogP contribution >= 0.6 is 0 Å². The summed E-state index contributed by atoms with van der Waals surface area (Å²) in [5.74, 6) is 0.918. The molecule has 0 saturated carbocycles. The van der Waals surface area contributed by atoms with Crippen molar-refractivity contribution in [1.29, 1.82) is 0 Å². The van der Waals surface area contributed by atoms with Gasteiger partial charge in [0.15, 0.2) is 0 Å². The van der Waals surface area contributed by atoms with Gasteiger partial charge in [-0.05, 0) is 26.0 Å². The molecule has 0 radical (unpaired) electrons. The maximum Gasteiger partial charge on any atom is 0.294 e. The third kappa shape index (κ3) is 1.92. The number of aryl methyl sites for hydroxylation is 2. The molecule has 6 nitrogen and oxygen atoms in total. The Morgan fingerprint density at radius 2 is 2.25 bits per heavy atom. The lowest BCUT2D eigenvalue weighted by Crippen LogP contribution is -2.41. The lowest BCUT2D eigenvalue weighted by atomic mass is 10.1. The van der Waals surface area contributed by atoms with E-state index in [0.29, 0.717) is 6.54 Å². The SMILES string of the molecule is CCc1nc(C(=O)N2CCn3c(C)ccc3C2C)n[nH]1. The smallest absolute Gasteiger partial charge is 0.294 e. The third-order valence-electron chi connectivity index (χ3n) is 4.01. The number of amides is 1. The molecule has 106 valence electrons. The van der Waals surface area contributed by atoms with Gasteiger partial charge in [0.25, 0.3) is 5.91 Å². The Morgan fingerprint density at radius 1 is 1.45 bits per heavy atom. The Balaban J connectivity index is 1.86. The molecule has 0 aromatic carbocycles. The molecule has 0 spiro atoms. The fourth-order valence-electron chi connectivity index (χ4n) is 2.78. The van der Waals surface area contributed by atoms with Crippen molar-refractivity contribution in [2.75, 3.05) is 6.54 Å². The van der Waals surface area contributed by atoms with Gasteiger partial charge in [-0.25, -0.2) is 4.98 Å². The number of aromatic amines is 1. The lowest BCUT2D eigenvalue weighted by Gasteiger charge is -2.34. The maximum atomic E-state index is 12.5. The second-order valence-corrected chi connectivity index (χ2v) is 5.19. The van der Waals surface area contributed by atoms with Crippen LogP contribution in [0, 0.1) is 6.92 Å². The average molecular weight is 273 g/mol. The van der Waals surface area contributed by atoms with Crippen molar-refractivity contribution >= 4 is 5.91 Å². The Morgan fingerprint density at radius 3 is 2.95 bits per heavy atom. The van der Waals surface area contributed by atoms with Gasteiger partial charge in [-0.15, -0.1) is 5.10 Å². The van der Waals surface area contributed by atoms with Gasteiger partial charge in [0, 0.05) is 30.9 Å². The fourth-order valence-corrected chi connectivity index (χ4v) is 2.78. The molecular formula is C14H19N5O. The summed E-state index contributed by atoms with van der Waals surface area (Å²) in [6.07, 6.45) is 0.748. The molecule has 1 aliphatic rings. The molecule has 6 heteroatoms. The van der Waals surface area contributed by atoms with E-state index in [2.05, 4.69) is 45.7 Å². The zero-order chi connectivity index (χ0) is 14.3. The predicted octanol–water partition coefficient (Wildman–Crippen LogP) is 1.69. The predicted molar refractivity (Wildman–Crippen MR) is 74.4 cm³/mol. The molecule has 1 amide bonds. The van der Waals surface area contributed by atoms with E-state index in [-0.39, 0.29) is 17.8 Å². The first-order valence-corrected chi connectivity index (χ1v) is 7.00. The number of aromatic nitrogens is 4. The minimum Gasteiger partial charge on any atom is -0.345 e. The van der Waals surface area contributed by atoms with Crippen LogP contribution in [0.3, 0.4) is 0 Å². The van der Waals surface area contributed by atoms with Crippen LogP contribution in [0.5, 0.6) is 0 Å². The molecule has 2 aromatic rings. The summed E-state index contributed by atoms with van der Waals surface area (Å²) < 4.78 is 2.27. The summed E-state index contributed by atoms with van der Waals surface area (Å²) in [7, 11) is 0. The zero-order valence-corrected chi connectivity index (χ0v) is 12.1. The van der Waals surface area contributed by atoms with Crippen LogP contribution < -0.4 is 0 Å². The topological polar surface area (TPSA) is 66.8 Å². The van der Waals surface area contributed by atoms with Crippen molar-refractivity contribution in [2.24, 2.45) is 0 Å². The van der Waals surface area contributed by atoms with E-state index < -0.39 is 0 Å². The van der Waals surface area contributed by atoms with E-state index >= 15 is 0 Å². The second kappa shape index (κ2) is 4.77. The fraction of sp³-hybridized carbons (Fsp3) is 0.500.